The van der Waals surface area contributed by atoms with Crippen LogP contribution in [0.5, 0.6) is 11.5 Å². The normalized spacial score (nSPS) is 10.5. The second-order valence-electron chi connectivity index (χ2n) is 5.06. The molecule has 6 heteroatoms. The van der Waals surface area contributed by atoms with E-state index in [4.69, 9.17) is 21.1 Å². The molecular formula is C18H15ClN2O3. The topological polar surface area (TPSA) is 60.5 Å². The molecule has 2 aromatic carbocycles. The molecule has 0 spiro atoms. The van der Waals surface area contributed by atoms with Crippen molar-refractivity contribution in [3.05, 3.63) is 59.2 Å². The minimum Gasteiger partial charge on any atom is -0.495 e. The molecule has 1 amide bonds. The number of hydrogen-bond acceptors (Lipinski definition) is 4. The molecule has 0 aliphatic carbocycles. The van der Waals surface area contributed by atoms with E-state index in [9.17, 15) is 4.79 Å². The Balaban J connectivity index is 1.93. The number of rotatable bonds is 4. The van der Waals surface area contributed by atoms with Crippen LogP contribution in [0.25, 0.3) is 10.9 Å². The summed E-state index contributed by atoms with van der Waals surface area (Å²) in [4.78, 5) is 16.8. The molecule has 1 N–H and O–H groups in total. The van der Waals surface area contributed by atoms with Crippen LogP contribution < -0.4 is 14.8 Å². The summed E-state index contributed by atoms with van der Waals surface area (Å²) in [7, 11) is 3.01. The highest BCUT2D eigenvalue weighted by molar-refractivity contribution is 6.32. The lowest BCUT2D eigenvalue weighted by molar-refractivity contribution is 0.102. The van der Waals surface area contributed by atoms with Crippen molar-refractivity contribution in [3.8, 4) is 11.5 Å². The first-order valence-corrected chi connectivity index (χ1v) is 7.58. The highest BCUT2D eigenvalue weighted by Crippen LogP contribution is 2.36. The SMILES string of the molecule is COc1cc(NC(=O)c2cnc3ccccc3c2)c(OC)cc1Cl. The van der Waals surface area contributed by atoms with E-state index in [1.807, 2.05) is 24.3 Å². The molecule has 24 heavy (non-hydrogen) atoms. The molecule has 3 aromatic rings. The third-order valence-electron chi connectivity index (χ3n) is 3.57. The zero-order valence-electron chi connectivity index (χ0n) is 13.2. The van der Waals surface area contributed by atoms with Crippen LogP contribution in [0.3, 0.4) is 0 Å². The molecule has 0 atom stereocenters. The van der Waals surface area contributed by atoms with Gasteiger partial charge in [-0.15, -0.1) is 0 Å². The van der Waals surface area contributed by atoms with Crippen molar-refractivity contribution in [1.29, 1.82) is 0 Å². The van der Waals surface area contributed by atoms with E-state index in [0.29, 0.717) is 27.8 Å². The monoisotopic (exact) mass is 342 g/mol. The largest absolute Gasteiger partial charge is 0.495 e. The van der Waals surface area contributed by atoms with Gasteiger partial charge in [0, 0.05) is 23.7 Å². The van der Waals surface area contributed by atoms with E-state index in [-0.39, 0.29) is 5.91 Å². The molecule has 0 saturated carbocycles. The molecule has 0 bridgehead atoms. The quantitative estimate of drug-likeness (QED) is 0.773. The Bertz CT molecular complexity index is 912. The maximum absolute atomic E-state index is 12.5. The standard InChI is InChI=1S/C18H15ClN2O3/c1-23-16-9-15(17(24-2)8-13(16)19)21-18(22)12-7-11-5-3-4-6-14(11)20-10-12/h3-10H,1-2H3,(H,21,22). The number of methoxy groups -OCH3 is 2. The Morgan fingerprint density at radius 2 is 1.83 bits per heavy atom. The lowest BCUT2D eigenvalue weighted by atomic mass is 10.1. The highest BCUT2D eigenvalue weighted by Gasteiger charge is 2.14. The van der Waals surface area contributed by atoms with Crippen molar-refractivity contribution in [2.24, 2.45) is 0 Å². The predicted octanol–water partition coefficient (Wildman–Crippen LogP) is 4.16. The van der Waals surface area contributed by atoms with Crippen molar-refractivity contribution in [1.82, 2.24) is 4.98 Å². The number of pyridine rings is 1. The number of anilines is 1. The molecule has 122 valence electrons. The molecule has 0 aliphatic rings. The maximum Gasteiger partial charge on any atom is 0.257 e. The average molecular weight is 343 g/mol. The first kappa shape index (κ1) is 16.1. The third kappa shape index (κ3) is 3.12. The van der Waals surface area contributed by atoms with Crippen molar-refractivity contribution in [2.45, 2.75) is 0 Å². The van der Waals surface area contributed by atoms with Crippen molar-refractivity contribution in [3.63, 3.8) is 0 Å². The molecular weight excluding hydrogens is 328 g/mol. The van der Waals surface area contributed by atoms with E-state index >= 15 is 0 Å². The molecule has 0 saturated heterocycles. The van der Waals surface area contributed by atoms with Crippen LogP contribution >= 0.6 is 11.6 Å². The minimum absolute atomic E-state index is 0.295. The van der Waals surface area contributed by atoms with Crippen LogP contribution in [0, 0.1) is 0 Å². The zero-order valence-corrected chi connectivity index (χ0v) is 13.9. The summed E-state index contributed by atoms with van der Waals surface area (Å²) in [6, 6.07) is 12.6. The van der Waals surface area contributed by atoms with Gasteiger partial charge < -0.3 is 14.8 Å². The highest BCUT2D eigenvalue weighted by atomic mass is 35.5. The van der Waals surface area contributed by atoms with Gasteiger partial charge in [-0.1, -0.05) is 29.8 Å². The Kier molecular flexibility index (Phi) is 4.53. The molecule has 3 rings (SSSR count). The maximum atomic E-state index is 12.5. The van der Waals surface area contributed by atoms with Crippen LogP contribution in [-0.2, 0) is 0 Å². The van der Waals surface area contributed by atoms with Gasteiger partial charge in [0.25, 0.3) is 5.91 Å². The van der Waals surface area contributed by atoms with Crippen molar-refractivity contribution < 1.29 is 14.3 Å². The van der Waals surface area contributed by atoms with E-state index in [1.165, 1.54) is 20.4 Å². The molecule has 0 aliphatic heterocycles. The fraction of sp³-hybridized carbons (Fsp3) is 0.111. The number of benzene rings is 2. The number of hydrogen-bond donors (Lipinski definition) is 1. The van der Waals surface area contributed by atoms with Crippen LogP contribution in [0.15, 0.2) is 48.7 Å². The average Bonchev–Trinajstić information content (AvgIpc) is 2.62. The number of nitrogens with zero attached hydrogens (tertiary/aromatic N) is 1. The summed E-state index contributed by atoms with van der Waals surface area (Å²) < 4.78 is 10.4. The zero-order chi connectivity index (χ0) is 17.1. The number of halogens is 1. The lowest BCUT2D eigenvalue weighted by Crippen LogP contribution is -2.13. The minimum atomic E-state index is -0.295. The molecule has 0 unspecified atom stereocenters. The number of ether oxygens (including phenoxy) is 2. The smallest absolute Gasteiger partial charge is 0.257 e. The molecule has 1 aromatic heterocycles. The summed E-state index contributed by atoms with van der Waals surface area (Å²) >= 11 is 6.07. The first-order valence-electron chi connectivity index (χ1n) is 7.20. The third-order valence-corrected chi connectivity index (χ3v) is 3.87. The van der Waals surface area contributed by atoms with Gasteiger partial charge in [0.05, 0.1) is 36.0 Å². The van der Waals surface area contributed by atoms with Gasteiger partial charge in [-0.25, -0.2) is 0 Å². The Labute approximate surface area is 144 Å². The van der Waals surface area contributed by atoms with Gasteiger partial charge in [-0.05, 0) is 12.1 Å². The molecule has 0 radical (unpaired) electrons. The Morgan fingerprint density at radius 3 is 2.58 bits per heavy atom. The van der Waals surface area contributed by atoms with E-state index in [0.717, 1.165) is 10.9 Å². The summed E-state index contributed by atoms with van der Waals surface area (Å²) in [6.07, 6.45) is 1.54. The van der Waals surface area contributed by atoms with Crippen molar-refractivity contribution in [2.75, 3.05) is 19.5 Å². The number of carbonyl (C=O) groups is 1. The second-order valence-corrected chi connectivity index (χ2v) is 5.47. The summed E-state index contributed by atoms with van der Waals surface area (Å²) in [5.74, 6) is 0.600. The number of carbonyl (C=O) groups excluding carboxylic acids is 1. The van der Waals surface area contributed by atoms with E-state index in [2.05, 4.69) is 10.3 Å². The number of para-hydroxylation sites is 1. The fourth-order valence-electron chi connectivity index (χ4n) is 2.35. The molecule has 1 heterocycles. The van der Waals surface area contributed by atoms with Gasteiger partial charge in [-0.3, -0.25) is 9.78 Å². The van der Waals surface area contributed by atoms with E-state index < -0.39 is 0 Å². The van der Waals surface area contributed by atoms with Gasteiger partial charge in [0.2, 0.25) is 0 Å². The number of aromatic nitrogens is 1. The Morgan fingerprint density at radius 1 is 1.08 bits per heavy atom. The van der Waals surface area contributed by atoms with Gasteiger partial charge in [0.15, 0.2) is 0 Å². The molecule has 5 nitrogen and oxygen atoms in total. The van der Waals surface area contributed by atoms with Gasteiger partial charge >= 0.3 is 0 Å². The molecule has 0 fully saturated rings. The fourth-order valence-corrected chi connectivity index (χ4v) is 2.58. The van der Waals surface area contributed by atoms with Crippen molar-refractivity contribution >= 4 is 34.1 Å². The first-order chi connectivity index (χ1) is 11.6. The summed E-state index contributed by atoms with van der Waals surface area (Å²) in [5.41, 5.74) is 1.75. The Hall–Kier alpha value is -2.79. The van der Waals surface area contributed by atoms with Crippen LogP contribution in [0.2, 0.25) is 5.02 Å². The number of amides is 1. The van der Waals surface area contributed by atoms with E-state index in [1.54, 1.807) is 18.2 Å². The predicted molar refractivity (Wildman–Crippen MR) is 94.3 cm³/mol. The van der Waals surface area contributed by atoms with Crippen LogP contribution in [-0.4, -0.2) is 25.1 Å². The second kappa shape index (κ2) is 6.76. The summed E-state index contributed by atoms with van der Waals surface area (Å²) in [6.45, 7) is 0. The van der Waals surface area contributed by atoms with Gasteiger partial charge in [-0.2, -0.15) is 0 Å². The number of nitrogens with one attached hydrogen (secondary N) is 1. The lowest BCUT2D eigenvalue weighted by Gasteiger charge is -2.13. The number of fused-ring (bicyclic) bond motifs is 1. The summed E-state index contributed by atoms with van der Waals surface area (Å²) in [5, 5.41) is 4.10. The van der Waals surface area contributed by atoms with Crippen LogP contribution in [0.4, 0.5) is 5.69 Å². The van der Waals surface area contributed by atoms with Crippen LogP contribution in [0.1, 0.15) is 10.4 Å². The van der Waals surface area contributed by atoms with Gasteiger partial charge in [0.1, 0.15) is 11.5 Å².